The number of benzene rings is 2. The fourth-order valence-electron chi connectivity index (χ4n) is 2.91. The summed E-state index contributed by atoms with van der Waals surface area (Å²) in [4.78, 5) is 27.4. The molecule has 0 aromatic heterocycles. The maximum absolute atomic E-state index is 13.0. The normalized spacial score (nSPS) is 12.3. The van der Waals surface area contributed by atoms with Gasteiger partial charge < -0.3 is 10.2 Å². The van der Waals surface area contributed by atoms with Gasteiger partial charge in [0.25, 0.3) is 0 Å². The van der Waals surface area contributed by atoms with Crippen LogP contribution in [0.1, 0.15) is 45.2 Å². The number of halogens is 1. The van der Waals surface area contributed by atoms with Crippen molar-refractivity contribution in [2.24, 2.45) is 0 Å². The molecule has 0 heterocycles. The fourth-order valence-corrected chi connectivity index (χ4v) is 3.10. The minimum absolute atomic E-state index is 0.0691. The molecule has 0 saturated heterocycles. The Hall–Kier alpha value is -2.33. The minimum atomic E-state index is -0.598. The number of rotatable bonds is 7. The molecule has 2 amide bonds. The second-order valence-corrected chi connectivity index (χ2v) is 8.42. The third-order valence-electron chi connectivity index (χ3n) is 4.43. The first-order valence-corrected chi connectivity index (χ1v) is 9.94. The van der Waals surface area contributed by atoms with Crippen LogP contribution in [-0.4, -0.2) is 28.3 Å². The lowest BCUT2D eigenvalue weighted by molar-refractivity contribution is -0.141. The molecule has 28 heavy (non-hydrogen) atoms. The van der Waals surface area contributed by atoms with Gasteiger partial charge in [-0.2, -0.15) is 0 Å². The number of amides is 2. The SMILES string of the molecule is C[C@@H](C(=O)NC(C)(C)C)N(Cc1ccccc1Cl)C(=O)CCc1ccccc1. The minimum Gasteiger partial charge on any atom is -0.350 e. The number of hydrogen-bond donors (Lipinski definition) is 1. The zero-order valence-corrected chi connectivity index (χ0v) is 17.8. The van der Waals surface area contributed by atoms with Crippen molar-refractivity contribution in [2.45, 2.75) is 58.7 Å². The second kappa shape index (κ2) is 9.74. The molecule has 2 aromatic rings. The summed E-state index contributed by atoms with van der Waals surface area (Å²) < 4.78 is 0. The van der Waals surface area contributed by atoms with Crippen LogP contribution >= 0.6 is 11.6 Å². The summed E-state index contributed by atoms with van der Waals surface area (Å²) >= 11 is 6.30. The zero-order chi connectivity index (χ0) is 20.7. The smallest absolute Gasteiger partial charge is 0.242 e. The number of nitrogens with one attached hydrogen (secondary N) is 1. The van der Waals surface area contributed by atoms with Crippen molar-refractivity contribution >= 4 is 23.4 Å². The molecule has 0 fully saturated rings. The largest absolute Gasteiger partial charge is 0.350 e. The molecule has 0 unspecified atom stereocenters. The van der Waals surface area contributed by atoms with Gasteiger partial charge in [0.05, 0.1) is 0 Å². The van der Waals surface area contributed by atoms with E-state index in [-0.39, 0.29) is 17.4 Å². The topological polar surface area (TPSA) is 49.4 Å². The van der Waals surface area contributed by atoms with Gasteiger partial charge in [-0.1, -0.05) is 60.1 Å². The van der Waals surface area contributed by atoms with Gasteiger partial charge in [-0.15, -0.1) is 0 Å². The molecule has 4 nitrogen and oxygen atoms in total. The standard InChI is InChI=1S/C23H29ClN2O2/c1-17(22(28)25-23(2,3)4)26(16-19-12-8-9-13-20(19)24)21(27)15-14-18-10-6-5-7-11-18/h5-13,17H,14-16H2,1-4H3,(H,25,28)/t17-/m0/s1. The highest BCUT2D eigenvalue weighted by atomic mass is 35.5. The number of carbonyl (C=O) groups is 2. The molecule has 2 aromatic carbocycles. The lowest BCUT2D eigenvalue weighted by Gasteiger charge is -2.31. The van der Waals surface area contributed by atoms with Gasteiger partial charge in [0.15, 0.2) is 0 Å². The van der Waals surface area contributed by atoms with E-state index in [0.717, 1.165) is 11.1 Å². The zero-order valence-electron chi connectivity index (χ0n) is 17.0. The molecule has 0 saturated carbocycles. The van der Waals surface area contributed by atoms with Crippen LogP contribution in [-0.2, 0) is 22.6 Å². The average Bonchev–Trinajstić information content (AvgIpc) is 2.64. The van der Waals surface area contributed by atoms with Gasteiger partial charge in [0, 0.05) is 23.5 Å². The van der Waals surface area contributed by atoms with Gasteiger partial charge >= 0.3 is 0 Å². The Balaban J connectivity index is 2.18. The first-order chi connectivity index (χ1) is 13.2. The predicted octanol–water partition coefficient (Wildman–Crippen LogP) is 4.60. The van der Waals surface area contributed by atoms with E-state index in [4.69, 9.17) is 11.6 Å². The van der Waals surface area contributed by atoms with Crippen LogP contribution in [0, 0.1) is 0 Å². The van der Waals surface area contributed by atoms with Gasteiger partial charge in [0.2, 0.25) is 11.8 Å². The van der Waals surface area contributed by atoms with E-state index >= 15 is 0 Å². The molecule has 0 bridgehead atoms. The number of aryl methyl sites for hydroxylation is 1. The van der Waals surface area contributed by atoms with Crippen molar-refractivity contribution < 1.29 is 9.59 Å². The molecule has 150 valence electrons. The van der Waals surface area contributed by atoms with Crippen molar-refractivity contribution in [3.8, 4) is 0 Å². The van der Waals surface area contributed by atoms with Crippen LogP contribution in [0.2, 0.25) is 5.02 Å². The fraction of sp³-hybridized carbons (Fsp3) is 0.391. The number of hydrogen-bond acceptors (Lipinski definition) is 2. The van der Waals surface area contributed by atoms with Crippen molar-refractivity contribution in [3.05, 3.63) is 70.7 Å². The third kappa shape index (κ3) is 6.68. The monoisotopic (exact) mass is 400 g/mol. The van der Waals surface area contributed by atoms with Crippen molar-refractivity contribution in [3.63, 3.8) is 0 Å². The van der Waals surface area contributed by atoms with Crippen molar-refractivity contribution in [1.29, 1.82) is 0 Å². The third-order valence-corrected chi connectivity index (χ3v) is 4.80. The van der Waals surface area contributed by atoms with Crippen LogP contribution < -0.4 is 5.32 Å². The Morgan fingerprint density at radius 3 is 2.25 bits per heavy atom. The van der Waals surface area contributed by atoms with E-state index < -0.39 is 6.04 Å². The summed E-state index contributed by atoms with van der Waals surface area (Å²) in [6.45, 7) is 7.83. The lowest BCUT2D eigenvalue weighted by Crippen LogP contribution is -2.52. The molecule has 1 N–H and O–H groups in total. The maximum atomic E-state index is 13.0. The van der Waals surface area contributed by atoms with Crippen molar-refractivity contribution in [2.75, 3.05) is 0 Å². The summed E-state index contributed by atoms with van der Waals surface area (Å²) in [5.41, 5.74) is 1.56. The molecule has 1 atom stereocenters. The van der Waals surface area contributed by atoms with E-state index in [1.807, 2.05) is 69.3 Å². The highest BCUT2D eigenvalue weighted by molar-refractivity contribution is 6.31. The Morgan fingerprint density at radius 1 is 1.04 bits per heavy atom. The molecule has 0 radical (unpaired) electrons. The van der Waals surface area contributed by atoms with E-state index in [0.29, 0.717) is 24.4 Å². The summed E-state index contributed by atoms with van der Waals surface area (Å²) in [6.07, 6.45) is 0.966. The molecule has 2 rings (SSSR count). The van der Waals surface area contributed by atoms with E-state index in [1.165, 1.54) is 0 Å². The number of carbonyl (C=O) groups excluding carboxylic acids is 2. The molecular formula is C23H29ClN2O2. The molecule has 0 aliphatic rings. The van der Waals surface area contributed by atoms with E-state index in [2.05, 4.69) is 5.32 Å². The van der Waals surface area contributed by atoms with Crippen molar-refractivity contribution in [1.82, 2.24) is 10.2 Å². The summed E-state index contributed by atoms with van der Waals surface area (Å²) in [5.74, 6) is -0.243. The van der Waals surface area contributed by atoms with Gasteiger partial charge in [-0.3, -0.25) is 9.59 Å². The predicted molar refractivity (Wildman–Crippen MR) is 114 cm³/mol. The average molecular weight is 401 g/mol. The summed E-state index contributed by atoms with van der Waals surface area (Å²) in [6, 6.07) is 16.7. The molecule has 5 heteroatoms. The Morgan fingerprint density at radius 2 is 1.64 bits per heavy atom. The van der Waals surface area contributed by atoms with Crippen LogP contribution in [0.5, 0.6) is 0 Å². The van der Waals surface area contributed by atoms with E-state index in [1.54, 1.807) is 17.9 Å². The highest BCUT2D eigenvalue weighted by Gasteiger charge is 2.28. The Bertz CT molecular complexity index is 800. The van der Waals surface area contributed by atoms with Gasteiger partial charge in [-0.25, -0.2) is 0 Å². The quantitative estimate of drug-likeness (QED) is 0.738. The highest BCUT2D eigenvalue weighted by Crippen LogP contribution is 2.20. The molecule has 0 spiro atoms. The van der Waals surface area contributed by atoms with Crippen LogP contribution in [0.4, 0.5) is 0 Å². The van der Waals surface area contributed by atoms with Gasteiger partial charge in [-0.05, 0) is 51.3 Å². The van der Waals surface area contributed by atoms with Crippen LogP contribution in [0.25, 0.3) is 0 Å². The second-order valence-electron chi connectivity index (χ2n) is 8.01. The van der Waals surface area contributed by atoms with Crippen LogP contribution in [0.15, 0.2) is 54.6 Å². The van der Waals surface area contributed by atoms with Crippen LogP contribution in [0.3, 0.4) is 0 Å². The van der Waals surface area contributed by atoms with Gasteiger partial charge in [0.1, 0.15) is 6.04 Å². The summed E-state index contributed by atoms with van der Waals surface area (Å²) in [5, 5.41) is 3.55. The first kappa shape index (κ1) is 22.0. The van der Waals surface area contributed by atoms with E-state index in [9.17, 15) is 9.59 Å². The maximum Gasteiger partial charge on any atom is 0.242 e. The molecule has 0 aliphatic carbocycles. The Kier molecular flexibility index (Phi) is 7.64. The lowest BCUT2D eigenvalue weighted by atomic mass is 10.1. The first-order valence-electron chi connectivity index (χ1n) is 9.56. The Labute approximate surface area is 172 Å². The number of nitrogens with zero attached hydrogens (tertiary/aromatic N) is 1. The summed E-state index contributed by atoms with van der Waals surface area (Å²) in [7, 11) is 0. The molecular weight excluding hydrogens is 372 g/mol. The molecule has 0 aliphatic heterocycles.